The van der Waals surface area contributed by atoms with Crippen molar-refractivity contribution in [2.24, 2.45) is 5.92 Å². The minimum Gasteiger partial charge on any atom is -0.317 e. The van der Waals surface area contributed by atoms with Gasteiger partial charge in [-0.25, -0.2) is 4.39 Å². The summed E-state index contributed by atoms with van der Waals surface area (Å²) >= 11 is 3.45. The summed E-state index contributed by atoms with van der Waals surface area (Å²) in [5.41, 5.74) is 1.06. The molecule has 0 saturated heterocycles. The van der Waals surface area contributed by atoms with E-state index < -0.39 is 0 Å². The SMILES string of the molecule is CCNCC(C)CCc1cc(F)ccc1Br. The van der Waals surface area contributed by atoms with Gasteiger partial charge in [-0.1, -0.05) is 29.8 Å². The molecule has 16 heavy (non-hydrogen) atoms. The summed E-state index contributed by atoms with van der Waals surface area (Å²) < 4.78 is 14.0. The predicted octanol–water partition coefficient (Wildman–Crippen LogP) is 3.77. The zero-order valence-electron chi connectivity index (χ0n) is 9.89. The van der Waals surface area contributed by atoms with Crippen LogP contribution >= 0.6 is 15.9 Å². The predicted molar refractivity (Wildman–Crippen MR) is 70.1 cm³/mol. The average molecular weight is 288 g/mol. The second-order valence-corrected chi connectivity index (χ2v) is 5.04. The van der Waals surface area contributed by atoms with E-state index in [1.54, 1.807) is 12.1 Å². The molecule has 0 aliphatic carbocycles. The fourth-order valence-corrected chi connectivity index (χ4v) is 2.07. The molecule has 1 rings (SSSR count). The number of halogens is 2. The third-order valence-electron chi connectivity index (χ3n) is 2.66. The molecule has 0 aromatic heterocycles. The standard InChI is InChI=1S/C13H19BrFN/c1-3-16-9-10(2)4-5-11-8-12(15)6-7-13(11)14/h6-8,10,16H,3-5,9H2,1-2H3. The van der Waals surface area contributed by atoms with Crippen molar-refractivity contribution in [3.05, 3.63) is 34.1 Å². The Balaban J connectivity index is 2.44. The van der Waals surface area contributed by atoms with Crippen LogP contribution in [0.5, 0.6) is 0 Å². The van der Waals surface area contributed by atoms with Gasteiger partial charge in [0.25, 0.3) is 0 Å². The Morgan fingerprint density at radius 3 is 2.88 bits per heavy atom. The van der Waals surface area contributed by atoms with E-state index in [9.17, 15) is 4.39 Å². The maximum absolute atomic E-state index is 13.0. The molecule has 1 aromatic rings. The first-order chi connectivity index (χ1) is 7.63. The van der Waals surface area contributed by atoms with Crippen LogP contribution in [0.2, 0.25) is 0 Å². The Kier molecular flexibility index (Phi) is 5.99. The molecular weight excluding hydrogens is 269 g/mol. The molecular formula is C13H19BrFN. The summed E-state index contributed by atoms with van der Waals surface area (Å²) in [7, 11) is 0. The molecule has 1 nitrogen and oxygen atoms in total. The lowest BCUT2D eigenvalue weighted by Crippen LogP contribution is -2.20. The maximum Gasteiger partial charge on any atom is 0.123 e. The van der Waals surface area contributed by atoms with Crippen molar-refractivity contribution < 1.29 is 4.39 Å². The number of rotatable bonds is 6. The Bertz CT molecular complexity index is 328. The first-order valence-corrected chi connectivity index (χ1v) is 6.57. The lowest BCUT2D eigenvalue weighted by molar-refractivity contribution is 0.488. The van der Waals surface area contributed by atoms with Gasteiger partial charge in [-0.15, -0.1) is 0 Å². The Labute approximate surface area is 106 Å². The summed E-state index contributed by atoms with van der Waals surface area (Å²) in [6.45, 7) is 6.36. The molecule has 0 spiro atoms. The topological polar surface area (TPSA) is 12.0 Å². The second-order valence-electron chi connectivity index (χ2n) is 4.19. The van der Waals surface area contributed by atoms with Crippen LogP contribution in [-0.2, 0) is 6.42 Å². The van der Waals surface area contributed by atoms with Gasteiger partial charge in [0.15, 0.2) is 0 Å². The van der Waals surface area contributed by atoms with E-state index in [2.05, 4.69) is 35.1 Å². The van der Waals surface area contributed by atoms with Crippen LogP contribution in [0.3, 0.4) is 0 Å². The van der Waals surface area contributed by atoms with Crippen LogP contribution in [0.1, 0.15) is 25.8 Å². The molecule has 0 radical (unpaired) electrons. The molecule has 1 atom stereocenters. The zero-order valence-corrected chi connectivity index (χ0v) is 11.5. The molecule has 1 unspecified atom stereocenters. The van der Waals surface area contributed by atoms with Crippen molar-refractivity contribution in [2.45, 2.75) is 26.7 Å². The minimum absolute atomic E-state index is 0.155. The van der Waals surface area contributed by atoms with Crippen molar-refractivity contribution in [3.8, 4) is 0 Å². The van der Waals surface area contributed by atoms with Crippen LogP contribution in [0.4, 0.5) is 4.39 Å². The summed E-state index contributed by atoms with van der Waals surface area (Å²) in [5, 5.41) is 3.32. The number of nitrogens with one attached hydrogen (secondary N) is 1. The van der Waals surface area contributed by atoms with Crippen molar-refractivity contribution in [1.29, 1.82) is 0 Å². The van der Waals surface area contributed by atoms with Crippen LogP contribution in [0.15, 0.2) is 22.7 Å². The van der Waals surface area contributed by atoms with Gasteiger partial charge in [0.05, 0.1) is 0 Å². The van der Waals surface area contributed by atoms with Crippen LogP contribution in [0, 0.1) is 11.7 Å². The van der Waals surface area contributed by atoms with Gasteiger partial charge in [-0.3, -0.25) is 0 Å². The third kappa shape index (κ3) is 4.62. The number of hydrogen-bond donors (Lipinski definition) is 1. The highest BCUT2D eigenvalue weighted by Gasteiger charge is 2.05. The summed E-state index contributed by atoms with van der Waals surface area (Å²) in [4.78, 5) is 0. The van der Waals surface area contributed by atoms with E-state index in [1.807, 2.05) is 0 Å². The minimum atomic E-state index is -0.155. The molecule has 0 fully saturated rings. The fourth-order valence-electron chi connectivity index (χ4n) is 1.63. The Hall–Kier alpha value is -0.410. The molecule has 90 valence electrons. The highest BCUT2D eigenvalue weighted by molar-refractivity contribution is 9.10. The van der Waals surface area contributed by atoms with Gasteiger partial charge >= 0.3 is 0 Å². The van der Waals surface area contributed by atoms with E-state index in [-0.39, 0.29) is 5.82 Å². The molecule has 0 aliphatic heterocycles. The lowest BCUT2D eigenvalue weighted by atomic mass is 10.0. The van der Waals surface area contributed by atoms with E-state index in [0.717, 1.165) is 36.0 Å². The van der Waals surface area contributed by atoms with E-state index in [4.69, 9.17) is 0 Å². The van der Waals surface area contributed by atoms with Gasteiger partial charge in [-0.2, -0.15) is 0 Å². The largest absolute Gasteiger partial charge is 0.317 e. The van der Waals surface area contributed by atoms with Crippen molar-refractivity contribution in [3.63, 3.8) is 0 Å². The Morgan fingerprint density at radius 2 is 2.19 bits per heavy atom. The molecule has 1 N–H and O–H groups in total. The maximum atomic E-state index is 13.0. The van der Waals surface area contributed by atoms with Gasteiger partial charge in [-0.05, 0) is 55.6 Å². The van der Waals surface area contributed by atoms with E-state index >= 15 is 0 Å². The molecule has 3 heteroatoms. The van der Waals surface area contributed by atoms with Gasteiger partial charge in [0.1, 0.15) is 5.82 Å². The zero-order chi connectivity index (χ0) is 12.0. The quantitative estimate of drug-likeness (QED) is 0.840. The molecule has 0 saturated carbocycles. The first kappa shape index (κ1) is 13.7. The van der Waals surface area contributed by atoms with Crippen molar-refractivity contribution in [1.82, 2.24) is 5.32 Å². The summed E-state index contributed by atoms with van der Waals surface area (Å²) in [6, 6.07) is 4.87. The molecule has 0 bridgehead atoms. The lowest BCUT2D eigenvalue weighted by Gasteiger charge is -2.12. The van der Waals surface area contributed by atoms with Gasteiger partial charge < -0.3 is 5.32 Å². The fraction of sp³-hybridized carbons (Fsp3) is 0.538. The molecule has 0 amide bonds. The summed E-state index contributed by atoms with van der Waals surface area (Å²) in [5.74, 6) is 0.465. The van der Waals surface area contributed by atoms with Crippen LogP contribution in [-0.4, -0.2) is 13.1 Å². The first-order valence-electron chi connectivity index (χ1n) is 5.78. The monoisotopic (exact) mass is 287 g/mol. The Morgan fingerprint density at radius 1 is 1.44 bits per heavy atom. The number of aryl methyl sites for hydroxylation is 1. The smallest absolute Gasteiger partial charge is 0.123 e. The van der Waals surface area contributed by atoms with Crippen LogP contribution < -0.4 is 5.32 Å². The van der Waals surface area contributed by atoms with Crippen molar-refractivity contribution in [2.75, 3.05) is 13.1 Å². The van der Waals surface area contributed by atoms with Gasteiger partial charge in [0, 0.05) is 4.47 Å². The molecule has 0 heterocycles. The molecule has 1 aromatic carbocycles. The molecule has 0 aliphatic rings. The summed E-state index contributed by atoms with van der Waals surface area (Å²) in [6.07, 6.45) is 2.00. The van der Waals surface area contributed by atoms with Crippen molar-refractivity contribution >= 4 is 15.9 Å². The highest BCUT2D eigenvalue weighted by Crippen LogP contribution is 2.20. The average Bonchev–Trinajstić information content (AvgIpc) is 2.27. The van der Waals surface area contributed by atoms with E-state index in [1.165, 1.54) is 6.07 Å². The highest BCUT2D eigenvalue weighted by atomic mass is 79.9. The number of benzene rings is 1. The van der Waals surface area contributed by atoms with Crippen LogP contribution in [0.25, 0.3) is 0 Å². The third-order valence-corrected chi connectivity index (χ3v) is 3.43. The number of hydrogen-bond acceptors (Lipinski definition) is 1. The van der Waals surface area contributed by atoms with Gasteiger partial charge in [0.2, 0.25) is 0 Å². The van der Waals surface area contributed by atoms with E-state index in [0.29, 0.717) is 5.92 Å². The normalized spacial score (nSPS) is 12.8. The second kappa shape index (κ2) is 7.02.